The molecular weight excluding hydrogens is 411 g/mol. The van der Waals surface area contributed by atoms with E-state index >= 15 is 0 Å². The van der Waals surface area contributed by atoms with Crippen molar-refractivity contribution < 1.29 is 14.0 Å². The third-order valence-electron chi connectivity index (χ3n) is 6.12. The Bertz CT molecular complexity index is 992. The van der Waals surface area contributed by atoms with Crippen molar-refractivity contribution in [1.82, 2.24) is 25.1 Å². The molecule has 2 aliphatic heterocycles. The van der Waals surface area contributed by atoms with Gasteiger partial charge in [-0.3, -0.25) is 19.5 Å². The Morgan fingerprint density at radius 2 is 1.91 bits per heavy atom. The number of hydrogen-bond acceptors (Lipinski definition) is 6. The van der Waals surface area contributed by atoms with Crippen molar-refractivity contribution in [2.45, 2.75) is 32.9 Å². The second-order valence-corrected chi connectivity index (χ2v) is 8.36. The highest BCUT2D eigenvalue weighted by atomic mass is 19.1. The molecule has 8 nitrogen and oxygen atoms in total. The van der Waals surface area contributed by atoms with Crippen molar-refractivity contribution in [2.75, 3.05) is 44.2 Å². The normalized spacial score (nSPS) is 19.7. The molecule has 32 heavy (non-hydrogen) atoms. The second kappa shape index (κ2) is 9.60. The first-order valence-corrected chi connectivity index (χ1v) is 11.0. The van der Waals surface area contributed by atoms with E-state index in [2.05, 4.69) is 20.2 Å². The minimum absolute atomic E-state index is 0.0581. The van der Waals surface area contributed by atoms with Gasteiger partial charge in [0.05, 0.1) is 23.9 Å². The molecule has 2 fully saturated rings. The SMILES string of the molecule is Cc1cnc(C)c(N2CCN(C(=O)CC3C(=O)NCCN3Cc3ccccc3F)CC2)n1. The molecule has 3 heterocycles. The van der Waals surface area contributed by atoms with Gasteiger partial charge in [-0.25, -0.2) is 9.37 Å². The van der Waals surface area contributed by atoms with E-state index in [4.69, 9.17) is 0 Å². The summed E-state index contributed by atoms with van der Waals surface area (Å²) in [4.78, 5) is 40.4. The third-order valence-corrected chi connectivity index (χ3v) is 6.12. The molecule has 2 aromatic rings. The van der Waals surface area contributed by atoms with Crippen LogP contribution < -0.4 is 10.2 Å². The van der Waals surface area contributed by atoms with Crippen molar-refractivity contribution >= 4 is 17.6 Å². The van der Waals surface area contributed by atoms with E-state index in [9.17, 15) is 14.0 Å². The summed E-state index contributed by atoms with van der Waals surface area (Å²) in [6.45, 7) is 7.69. The first kappa shape index (κ1) is 22.1. The summed E-state index contributed by atoms with van der Waals surface area (Å²) in [6, 6.07) is 5.96. The van der Waals surface area contributed by atoms with Crippen LogP contribution in [0.25, 0.3) is 0 Å². The highest BCUT2D eigenvalue weighted by Gasteiger charge is 2.34. The lowest BCUT2D eigenvalue weighted by Gasteiger charge is -2.38. The number of amides is 2. The molecule has 1 aromatic carbocycles. The summed E-state index contributed by atoms with van der Waals surface area (Å²) in [6.07, 6.45) is 1.84. The van der Waals surface area contributed by atoms with Crippen LogP contribution in [-0.4, -0.2) is 76.9 Å². The molecule has 0 spiro atoms. The lowest BCUT2D eigenvalue weighted by atomic mass is 10.1. The zero-order valence-corrected chi connectivity index (χ0v) is 18.6. The Hall–Kier alpha value is -3.07. The van der Waals surface area contributed by atoms with E-state index in [-0.39, 0.29) is 24.1 Å². The van der Waals surface area contributed by atoms with E-state index in [1.165, 1.54) is 6.07 Å². The van der Waals surface area contributed by atoms with Gasteiger partial charge in [-0.2, -0.15) is 0 Å². The number of aryl methyl sites for hydroxylation is 2. The molecule has 1 atom stereocenters. The smallest absolute Gasteiger partial charge is 0.237 e. The highest BCUT2D eigenvalue weighted by molar-refractivity contribution is 5.89. The predicted molar refractivity (Wildman–Crippen MR) is 119 cm³/mol. The average Bonchev–Trinajstić information content (AvgIpc) is 2.79. The van der Waals surface area contributed by atoms with Crippen LogP contribution in [-0.2, 0) is 16.1 Å². The van der Waals surface area contributed by atoms with Crippen LogP contribution in [0, 0.1) is 19.7 Å². The molecule has 1 aromatic heterocycles. The number of rotatable bonds is 5. The van der Waals surface area contributed by atoms with Gasteiger partial charge in [0.25, 0.3) is 0 Å². The molecule has 4 rings (SSSR count). The highest BCUT2D eigenvalue weighted by Crippen LogP contribution is 2.20. The standard InChI is InChI=1S/C23H29FN6O2/c1-16-14-26-17(2)22(27-16)29-11-9-28(10-12-29)21(31)13-20-23(32)25-7-8-30(20)15-18-5-3-4-6-19(18)24/h3-6,14,20H,7-13,15H2,1-2H3,(H,25,32). The van der Waals surface area contributed by atoms with Gasteiger partial charge in [0, 0.05) is 57.6 Å². The maximum atomic E-state index is 14.1. The van der Waals surface area contributed by atoms with E-state index < -0.39 is 6.04 Å². The lowest BCUT2D eigenvalue weighted by Crippen LogP contribution is -2.57. The molecule has 1 unspecified atom stereocenters. The number of aromatic nitrogens is 2. The predicted octanol–water partition coefficient (Wildman–Crippen LogP) is 1.27. The molecule has 0 saturated carbocycles. The van der Waals surface area contributed by atoms with Crippen molar-refractivity contribution in [3.8, 4) is 0 Å². The molecule has 2 amide bonds. The van der Waals surface area contributed by atoms with Gasteiger partial charge >= 0.3 is 0 Å². The van der Waals surface area contributed by atoms with E-state index in [0.29, 0.717) is 51.4 Å². The van der Waals surface area contributed by atoms with Crippen LogP contribution in [0.15, 0.2) is 30.5 Å². The summed E-state index contributed by atoms with van der Waals surface area (Å²) in [7, 11) is 0. The van der Waals surface area contributed by atoms with Crippen LogP contribution in [0.1, 0.15) is 23.4 Å². The number of hydrogen-bond donors (Lipinski definition) is 1. The van der Waals surface area contributed by atoms with Crippen molar-refractivity contribution in [3.05, 3.63) is 53.2 Å². The number of anilines is 1. The largest absolute Gasteiger partial charge is 0.353 e. The number of carbonyl (C=O) groups excluding carboxylic acids is 2. The topological polar surface area (TPSA) is 81.7 Å². The number of nitrogens with zero attached hydrogens (tertiary/aromatic N) is 5. The Kier molecular flexibility index (Phi) is 6.64. The molecule has 1 N–H and O–H groups in total. The van der Waals surface area contributed by atoms with Gasteiger partial charge in [-0.05, 0) is 19.9 Å². The quantitative estimate of drug-likeness (QED) is 0.754. The summed E-state index contributed by atoms with van der Waals surface area (Å²) in [5.41, 5.74) is 2.27. The molecule has 0 aliphatic carbocycles. The van der Waals surface area contributed by atoms with Crippen molar-refractivity contribution in [3.63, 3.8) is 0 Å². The van der Waals surface area contributed by atoms with Gasteiger partial charge in [0.1, 0.15) is 11.6 Å². The summed E-state index contributed by atoms with van der Waals surface area (Å²) in [5, 5.41) is 2.84. The summed E-state index contributed by atoms with van der Waals surface area (Å²) >= 11 is 0. The number of nitrogens with one attached hydrogen (secondary N) is 1. The molecule has 2 saturated heterocycles. The van der Waals surface area contributed by atoms with Gasteiger partial charge in [0.15, 0.2) is 0 Å². The molecular formula is C23H29FN6O2. The molecule has 170 valence electrons. The minimum atomic E-state index is -0.598. The minimum Gasteiger partial charge on any atom is -0.353 e. The molecule has 2 aliphatic rings. The van der Waals surface area contributed by atoms with Crippen LogP contribution in [0.2, 0.25) is 0 Å². The van der Waals surface area contributed by atoms with E-state index in [1.807, 2.05) is 18.7 Å². The lowest BCUT2D eigenvalue weighted by molar-refractivity contribution is -0.139. The molecule has 0 bridgehead atoms. The first-order valence-electron chi connectivity index (χ1n) is 11.0. The van der Waals surface area contributed by atoms with E-state index in [1.54, 1.807) is 29.3 Å². The van der Waals surface area contributed by atoms with Gasteiger partial charge in [-0.1, -0.05) is 18.2 Å². The maximum Gasteiger partial charge on any atom is 0.237 e. The Labute approximate surface area is 187 Å². The van der Waals surface area contributed by atoms with Crippen LogP contribution in [0.3, 0.4) is 0 Å². The molecule has 9 heteroatoms. The second-order valence-electron chi connectivity index (χ2n) is 8.36. The van der Waals surface area contributed by atoms with Crippen LogP contribution >= 0.6 is 0 Å². The number of benzene rings is 1. The van der Waals surface area contributed by atoms with E-state index in [0.717, 1.165) is 17.2 Å². The fraction of sp³-hybridized carbons (Fsp3) is 0.478. The number of piperazine rings is 2. The fourth-order valence-electron chi connectivity index (χ4n) is 4.31. The first-order chi connectivity index (χ1) is 15.4. The zero-order chi connectivity index (χ0) is 22.7. The summed E-state index contributed by atoms with van der Waals surface area (Å²) < 4.78 is 14.1. The number of carbonyl (C=O) groups is 2. The van der Waals surface area contributed by atoms with Crippen LogP contribution in [0.4, 0.5) is 10.2 Å². The maximum absolute atomic E-state index is 14.1. The summed E-state index contributed by atoms with van der Waals surface area (Å²) in [5.74, 6) is 0.330. The van der Waals surface area contributed by atoms with Crippen LogP contribution in [0.5, 0.6) is 0 Å². The van der Waals surface area contributed by atoms with Gasteiger partial charge in [0.2, 0.25) is 11.8 Å². The Balaban J connectivity index is 1.38. The third kappa shape index (κ3) is 4.88. The Morgan fingerprint density at radius 3 is 2.66 bits per heavy atom. The van der Waals surface area contributed by atoms with Gasteiger partial charge < -0.3 is 15.1 Å². The number of halogens is 1. The monoisotopic (exact) mass is 440 g/mol. The van der Waals surface area contributed by atoms with Crippen molar-refractivity contribution in [2.24, 2.45) is 0 Å². The van der Waals surface area contributed by atoms with Crippen molar-refractivity contribution in [1.29, 1.82) is 0 Å². The molecule has 0 radical (unpaired) electrons. The Morgan fingerprint density at radius 1 is 1.16 bits per heavy atom. The van der Waals surface area contributed by atoms with Gasteiger partial charge in [-0.15, -0.1) is 0 Å². The zero-order valence-electron chi connectivity index (χ0n) is 18.6. The average molecular weight is 441 g/mol. The fourth-order valence-corrected chi connectivity index (χ4v) is 4.31.